The number of methoxy groups -OCH3 is 2. The van der Waals surface area contributed by atoms with Crippen molar-refractivity contribution in [3.05, 3.63) is 64.7 Å². The molecule has 0 amide bonds. The zero-order valence-corrected chi connectivity index (χ0v) is 26.7. The molecule has 0 radical (unpaired) electrons. The van der Waals surface area contributed by atoms with Crippen LogP contribution in [0.4, 0.5) is 5.69 Å². The number of aliphatic imine (C=N–C) groups is 1. The Morgan fingerprint density at radius 2 is 1.27 bits per heavy atom. The van der Waals surface area contributed by atoms with E-state index in [9.17, 15) is 10.2 Å². The van der Waals surface area contributed by atoms with Crippen LogP contribution in [0.15, 0.2) is 41.8 Å². The number of nitrogens with zero attached hydrogens (tertiary/aromatic N) is 3. The zero-order valence-electron chi connectivity index (χ0n) is 25.7. The van der Waals surface area contributed by atoms with E-state index < -0.39 is 22.3 Å². The van der Waals surface area contributed by atoms with Gasteiger partial charge in [-0.05, 0) is 52.8 Å². The fourth-order valence-electron chi connectivity index (χ4n) is 4.48. The van der Waals surface area contributed by atoms with Gasteiger partial charge in [0.05, 0.1) is 31.8 Å². The molecule has 2 aromatic carbocycles. The molecule has 220 valence electrons. The topological polar surface area (TPSA) is 103 Å². The molecule has 0 aliphatic heterocycles. The molecule has 0 unspecified atom stereocenters. The molecule has 0 aliphatic rings. The van der Waals surface area contributed by atoms with Gasteiger partial charge in [0.15, 0.2) is 11.5 Å². The second-order valence-electron chi connectivity index (χ2n) is 11.4. The van der Waals surface area contributed by atoms with Crippen molar-refractivity contribution in [3.63, 3.8) is 0 Å². The Bertz CT molecular complexity index is 1230. The van der Waals surface area contributed by atoms with Crippen molar-refractivity contribution in [3.8, 4) is 23.0 Å². The molecule has 0 N–H and O–H groups in total. The number of para-hydroxylation sites is 1. The standard InChI is InChI=1S/C16H19N3.C16H26O4.Ni/c1-4-13-7-6-8-14(5-2)16(13)19-12(3)15-11-17-9-10-18-15;1-15(2,3)9-11(17)12(18)10(16(4,5)6)14(20-8)13(9)19-7;/h6-11H,4-5H2,1-3H3;17-18H,1-8H3;/q;;+2/p-2. The van der Waals surface area contributed by atoms with Gasteiger partial charge in [0.1, 0.15) is 5.69 Å². The van der Waals surface area contributed by atoms with Crippen LogP contribution in [0.25, 0.3) is 0 Å². The van der Waals surface area contributed by atoms with E-state index >= 15 is 0 Å². The van der Waals surface area contributed by atoms with Crippen molar-refractivity contribution < 1.29 is 36.2 Å². The molecule has 3 aromatic rings. The minimum atomic E-state index is -0.500. The average Bonchev–Trinajstić information content (AvgIpc) is 2.89. The fourth-order valence-corrected chi connectivity index (χ4v) is 4.48. The molecule has 0 saturated carbocycles. The van der Waals surface area contributed by atoms with Crippen LogP contribution in [0, 0.1) is 0 Å². The Balaban J connectivity index is 0.000000390. The summed E-state index contributed by atoms with van der Waals surface area (Å²) >= 11 is 0. The number of hydrogen-bond acceptors (Lipinski definition) is 7. The van der Waals surface area contributed by atoms with Gasteiger partial charge < -0.3 is 19.7 Å². The van der Waals surface area contributed by atoms with E-state index in [-0.39, 0.29) is 16.5 Å². The third-order valence-electron chi connectivity index (χ3n) is 6.41. The SMILES string of the molecule is CCc1cccc(CC)c1N=C(C)c1cnccn1.COc1c(OC)c(C(C)(C)C)c([O-])c([O-])c1C(C)(C)C.[Ni+2]. The van der Waals surface area contributed by atoms with Crippen LogP contribution < -0.4 is 19.7 Å². The minimum Gasteiger partial charge on any atom is -0.873 e. The summed E-state index contributed by atoms with van der Waals surface area (Å²) in [5.74, 6) is -0.260. The first-order valence-electron chi connectivity index (χ1n) is 13.3. The third kappa shape index (κ3) is 7.97. The molecule has 40 heavy (non-hydrogen) atoms. The molecule has 0 atom stereocenters. The summed E-state index contributed by atoms with van der Waals surface area (Å²) in [7, 11) is 2.98. The predicted molar refractivity (Wildman–Crippen MR) is 155 cm³/mol. The smallest absolute Gasteiger partial charge is 0.873 e. The zero-order chi connectivity index (χ0) is 29.5. The van der Waals surface area contributed by atoms with Gasteiger partial charge in [-0.1, -0.05) is 73.6 Å². The second-order valence-corrected chi connectivity index (χ2v) is 11.4. The number of aryl methyl sites for hydroxylation is 2. The van der Waals surface area contributed by atoms with Crippen molar-refractivity contribution in [1.29, 1.82) is 0 Å². The van der Waals surface area contributed by atoms with Crippen molar-refractivity contribution in [2.45, 2.75) is 86.0 Å². The number of benzene rings is 2. The van der Waals surface area contributed by atoms with E-state index in [1.54, 1.807) is 18.6 Å². The van der Waals surface area contributed by atoms with Crippen LogP contribution in [0.3, 0.4) is 0 Å². The summed E-state index contributed by atoms with van der Waals surface area (Å²) in [5, 5.41) is 25.0. The Hall–Kier alpha value is -3.12. The molecular formula is C32H43N3NiO4. The van der Waals surface area contributed by atoms with Crippen LogP contribution in [-0.2, 0) is 40.2 Å². The normalized spacial score (nSPS) is 11.7. The third-order valence-corrected chi connectivity index (χ3v) is 6.41. The van der Waals surface area contributed by atoms with Crippen molar-refractivity contribution in [2.75, 3.05) is 14.2 Å². The summed E-state index contributed by atoms with van der Waals surface area (Å²) < 4.78 is 10.8. The molecule has 3 rings (SSSR count). The minimum absolute atomic E-state index is 0. The molecule has 0 aliphatic carbocycles. The van der Waals surface area contributed by atoms with Crippen LogP contribution >= 0.6 is 0 Å². The fraction of sp³-hybridized carbons (Fsp3) is 0.469. The van der Waals surface area contributed by atoms with Gasteiger partial charge in [-0.25, -0.2) is 0 Å². The van der Waals surface area contributed by atoms with E-state index in [2.05, 4.69) is 42.0 Å². The predicted octanol–water partition coefficient (Wildman–Crippen LogP) is 6.19. The van der Waals surface area contributed by atoms with Gasteiger partial charge in [0.25, 0.3) is 0 Å². The molecule has 0 spiro atoms. The maximum absolute atomic E-state index is 12.5. The summed E-state index contributed by atoms with van der Waals surface area (Å²) in [6, 6.07) is 6.39. The molecular weight excluding hydrogens is 549 g/mol. The van der Waals surface area contributed by atoms with Gasteiger partial charge in [-0.3, -0.25) is 15.0 Å². The molecule has 0 saturated heterocycles. The van der Waals surface area contributed by atoms with Crippen LogP contribution in [-0.4, -0.2) is 29.9 Å². The Kier molecular flexibility index (Phi) is 12.7. The maximum Gasteiger partial charge on any atom is 2.00 e. The van der Waals surface area contributed by atoms with Crippen molar-refractivity contribution in [1.82, 2.24) is 9.97 Å². The van der Waals surface area contributed by atoms with Gasteiger partial charge in [0.2, 0.25) is 0 Å². The Morgan fingerprint density at radius 1 is 0.825 bits per heavy atom. The van der Waals surface area contributed by atoms with E-state index in [4.69, 9.17) is 14.5 Å². The molecule has 7 nitrogen and oxygen atoms in total. The van der Waals surface area contributed by atoms with E-state index in [0.29, 0.717) is 22.6 Å². The molecule has 1 heterocycles. The first kappa shape index (κ1) is 34.9. The molecule has 1 aromatic heterocycles. The van der Waals surface area contributed by atoms with E-state index in [1.165, 1.54) is 25.3 Å². The van der Waals surface area contributed by atoms with Crippen LogP contribution in [0.5, 0.6) is 23.0 Å². The van der Waals surface area contributed by atoms with E-state index in [1.807, 2.05) is 48.5 Å². The van der Waals surface area contributed by atoms with Crippen molar-refractivity contribution in [2.24, 2.45) is 4.99 Å². The van der Waals surface area contributed by atoms with Gasteiger partial charge in [-0.15, -0.1) is 11.5 Å². The second kappa shape index (κ2) is 14.5. The Morgan fingerprint density at radius 3 is 1.60 bits per heavy atom. The van der Waals surface area contributed by atoms with Gasteiger partial charge in [0, 0.05) is 12.4 Å². The molecule has 0 bridgehead atoms. The number of rotatable bonds is 6. The van der Waals surface area contributed by atoms with E-state index in [0.717, 1.165) is 29.9 Å². The Labute approximate surface area is 250 Å². The average molecular weight is 592 g/mol. The summed E-state index contributed by atoms with van der Waals surface area (Å²) in [6.45, 7) is 17.6. The summed E-state index contributed by atoms with van der Waals surface area (Å²) in [6.07, 6.45) is 7.09. The number of hydrogen-bond donors (Lipinski definition) is 0. The van der Waals surface area contributed by atoms with Gasteiger partial charge >= 0.3 is 16.5 Å². The van der Waals surface area contributed by atoms with Crippen LogP contribution in [0.1, 0.15) is 90.3 Å². The summed E-state index contributed by atoms with van der Waals surface area (Å²) in [5.41, 5.74) is 5.14. The summed E-state index contributed by atoms with van der Waals surface area (Å²) in [4.78, 5) is 13.2. The number of aromatic nitrogens is 2. The van der Waals surface area contributed by atoms with Crippen molar-refractivity contribution >= 4 is 11.4 Å². The molecule has 0 fully saturated rings. The first-order valence-corrected chi connectivity index (χ1v) is 13.3. The largest absolute Gasteiger partial charge is 2.00 e. The monoisotopic (exact) mass is 591 g/mol. The maximum atomic E-state index is 12.5. The first-order chi connectivity index (χ1) is 18.2. The number of ether oxygens (including phenoxy) is 2. The molecule has 8 heteroatoms. The van der Waals surface area contributed by atoms with Crippen LogP contribution in [0.2, 0.25) is 0 Å². The quantitative estimate of drug-likeness (QED) is 0.250. The van der Waals surface area contributed by atoms with Gasteiger partial charge in [-0.2, -0.15) is 0 Å².